The number of aliphatic hydroxyl groups excluding tert-OH is 2. The molecule has 0 spiro atoms. The smallest absolute Gasteiger partial charge is 0.267 e. The van der Waals surface area contributed by atoms with Gasteiger partial charge in [-0.15, -0.1) is 0 Å². The van der Waals surface area contributed by atoms with Gasteiger partial charge >= 0.3 is 0 Å². The zero-order valence-corrected chi connectivity index (χ0v) is 29.9. The highest BCUT2D eigenvalue weighted by Crippen LogP contribution is 2.14. The van der Waals surface area contributed by atoms with Crippen LogP contribution in [0.4, 0.5) is 0 Å². The van der Waals surface area contributed by atoms with Crippen LogP contribution in [0, 0.1) is 0 Å². The van der Waals surface area contributed by atoms with Crippen LogP contribution in [0.1, 0.15) is 181 Å². The predicted octanol–water partition coefficient (Wildman–Crippen LogP) is 9.38. The minimum Gasteiger partial charge on any atom is -0.387 e. The van der Waals surface area contributed by atoms with Gasteiger partial charge in [-0.05, 0) is 44.9 Å². The van der Waals surface area contributed by atoms with Crippen molar-refractivity contribution in [2.45, 2.75) is 199 Å². The van der Waals surface area contributed by atoms with E-state index in [4.69, 9.17) is 0 Å². The molecule has 0 aromatic carbocycles. The zero-order chi connectivity index (χ0) is 33.4. The van der Waals surface area contributed by atoms with Gasteiger partial charge in [-0.3, -0.25) is 9.35 Å². The van der Waals surface area contributed by atoms with Gasteiger partial charge in [0.15, 0.2) is 0 Å². The van der Waals surface area contributed by atoms with Crippen LogP contribution in [0.2, 0.25) is 0 Å². The van der Waals surface area contributed by atoms with Gasteiger partial charge in [-0.1, -0.05) is 160 Å². The van der Waals surface area contributed by atoms with E-state index in [2.05, 4.69) is 31.3 Å². The van der Waals surface area contributed by atoms with E-state index in [-0.39, 0.29) is 6.42 Å². The number of hydrogen-bond donors (Lipinski definition) is 4. The zero-order valence-electron chi connectivity index (χ0n) is 29.1. The second kappa shape index (κ2) is 31.4. The summed E-state index contributed by atoms with van der Waals surface area (Å²) in [5.41, 5.74) is 0. The van der Waals surface area contributed by atoms with Gasteiger partial charge in [0, 0.05) is 0 Å². The molecule has 0 aliphatic carbocycles. The fourth-order valence-corrected chi connectivity index (χ4v) is 6.30. The molecule has 0 rings (SSSR count). The average Bonchev–Trinajstić information content (AvgIpc) is 3.00. The normalized spacial score (nSPS) is 14.3. The highest BCUT2D eigenvalue weighted by molar-refractivity contribution is 7.85. The number of unbranched alkanes of at least 4 members (excludes halogenated alkanes) is 22. The third-order valence-electron chi connectivity index (χ3n) is 8.48. The van der Waals surface area contributed by atoms with Crippen LogP contribution in [0.5, 0.6) is 0 Å². The second-order valence-electron chi connectivity index (χ2n) is 13.0. The summed E-state index contributed by atoms with van der Waals surface area (Å²) in [6.07, 6.45) is 35.7. The van der Waals surface area contributed by atoms with Crippen molar-refractivity contribution in [1.29, 1.82) is 0 Å². The minimum atomic E-state index is -4.43. The maximum atomic E-state index is 12.5. The molecule has 0 saturated carbocycles. The first kappa shape index (κ1) is 43.8. The Morgan fingerprint density at radius 3 is 1.42 bits per heavy atom. The van der Waals surface area contributed by atoms with Crippen LogP contribution >= 0.6 is 0 Å². The highest BCUT2D eigenvalue weighted by Gasteiger charge is 2.27. The number of carbonyl (C=O) groups is 1. The molecule has 45 heavy (non-hydrogen) atoms. The largest absolute Gasteiger partial charge is 0.387 e. The Kier molecular flexibility index (Phi) is 30.5. The van der Waals surface area contributed by atoms with Crippen molar-refractivity contribution < 1.29 is 28.0 Å². The lowest BCUT2D eigenvalue weighted by Gasteiger charge is -2.22. The molecule has 0 heterocycles. The van der Waals surface area contributed by atoms with Gasteiger partial charge < -0.3 is 15.5 Å². The number of carbonyl (C=O) groups excluding carboxylic acids is 1. The Morgan fingerprint density at radius 2 is 0.978 bits per heavy atom. The third kappa shape index (κ3) is 31.2. The molecule has 0 bridgehead atoms. The summed E-state index contributed by atoms with van der Waals surface area (Å²) in [5.74, 6) is -1.55. The molecule has 3 unspecified atom stereocenters. The third-order valence-corrected chi connectivity index (χ3v) is 9.26. The molecule has 0 aromatic rings. The van der Waals surface area contributed by atoms with Crippen molar-refractivity contribution >= 4 is 16.0 Å². The van der Waals surface area contributed by atoms with Crippen LogP contribution < -0.4 is 5.32 Å². The summed E-state index contributed by atoms with van der Waals surface area (Å²) >= 11 is 0. The van der Waals surface area contributed by atoms with Gasteiger partial charge in [0.1, 0.15) is 6.10 Å². The van der Waals surface area contributed by atoms with Crippen molar-refractivity contribution in [1.82, 2.24) is 5.32 Å². The molecule has 0 aromatic heterocycles. The monoisotopic (exact) mass is 658 g/mol. The van der Waals surface area contributed by atoms with E-state index < -0.39 is 40.0 Å². The highest BCUT2D eigenvalue weighted by atomic mass is 32.2. The van der Waals surface area contributed by atoms with Crippen molar-refractivity contribution in [2.24, 2.45) is 0 Å². The Labute approximate surface area is 277 Å². The molecular formula is C37H71NO6S. The number of aliphatic hydroxyl groups is 2. The predicted molar refractivity (Wildman–Crippen MR) is 190 cm³/mol. The van der Waals surface area contributed by atoms with E-state index in [1.54, 1.807) is 6.08 Å². The molecule has 4 N–H and O–H groups in total. The Morgan fingerprint density at radius 1 is 0.600 bits per heavy atom. The van der Waals surface area contributed by atoms with E-state index in [0.717, 1.165) is 57.8 Å². The molecule has 7 nitrogen and oxygen atoms in total. The van der Waals surface area contributed by atoms with Crippen molar-refractivity contribution in [2.75, 3.05) is 5.75 Å². The topological polar surface area (TPSA) is 124 Å². The van der Waals surface area contributed by atoms with E-state index in [1.165, 1.54) is 102 Å². The molecule has 1 amide bonds. The fraction of sp³-hybridized carbons (Fsp3) is 0.865. The molecule has 0 aliphatic rings. The van der Waals surface area contributed by atoms with Crippen LogP contribution in [-0.4, -0.2) is 53.1 Å². The summed E-state index contributed by atoms with van der Waals surface area (Å²) in [6.45, 7) is 4.40. The van der Waals surface area contributed by atoms with Crippen molar-refractivity contribution in [3.05, 3.63) is 24.3 Å². The van der Waals surface area contributed by atoms with Gasteiger partial charge in [0.2, 0.25) is 5.91 Å². The molecule has 3 atom stereocenters. The van der Waals surface area contributed by atoms with Crippen LogP contribution in [0.25, 0.3) is 0 Å². The number of amides is 1. The lowest BCUT2D eigenvalue weighted by molar-refractivity contribution is -0.130. The van der Waals surface area contributed by atoms with Crippen molar-refractivity contribution in [3.63, 3.8) is 0 Å². The van der Waals surface area contributed by atoms with Gasteiger partial charge in [-0.2, -0.15) is 8.42 Å². The number of hydrogen-bond acceptors (Lipinski definition) is 5. The summed E-state index contributed by atoms with van der Waals surface area (Å²) in [7, 11) is -4.43. The maximum absolute atomic E-state index is 12.5. The summed E-state index contributed by atoms with van der Waals surface area (Å²) < 4.78 is 32.1. The molecular weight excluding hydrogens is 586 g/mol. The first-order chi connectivity index (χ1) is 21.7. The molecule has 266 valence electrons. The summed E-state index contributed by atoms with van der Waals surface area (Å²) in [6, 6.07) is -1.23. The minimum absolute atomic E-state index is 0.273. The summed E-state index contributed by atoms with van der Waals surface area (Å²) in [4.78, 5) is 12.5. The van der Waals surface area contributed by atoms with Crippen LogP contribution in [0.3, 0.4) is 0 Å². The lowest BCUT2D eigenvalue weighted by Crippen LogP contribution is -2.50. The van der Waals surface area contributed by atoms with E-state index in [0.29, 0.717) is 6.42 Å². The number of allylic oxidation sites excluding steroid dienone is 3. The van der Waals surface area contributed by atoms with E-state index in [1.807, 2.05) is 0 Å². The Hall–Kier alpha value is -1.22. The molecule has 0 saturated heterocycles. The first-order valence-corrected chi connectivity index (χ1v) is 20.3. The van der Waals surface area contributed by atoms with E-state index in [9.17, 15) is 28.0 Å². The standard InChI is InChI=1S/C37H71NO6S/c1-3-5-7-9-11-12-13-14-15-16-17-18-19-20-21-22-23-24-25-26-28-30-32-36(40)37(41)38-34(33-45(42,43)44)35(39)31-29-27-10-8-6-4-2/h20-21,29,31,34-36,39-40H,3-19,22-28,30,32-33H2,1-2H3,(H,38,41)(H,42,43,44)/b21-20-,31-29+. The molecule has 0 radical (unpaired) electrons. The molecule has 8 heteroatoms. The van der Waals surface area contributed by atoms with Crippen LogP contribution in [-0.2, 0) is 14.9 Å². The average molecular weight is 658 g/mol. The van der Waals surface area contributed by atoms with Crippen LogP contribution in [0.15, 0.2) is 24.3 Å². The Bertz CT molecular complexity index is 829. The van der Waals surface area contributed by atoms with Gasteiger partial charge in [0.05, 0.1) is 17.9 Å². The number of rotatable bonds is 33. The first-order valence-electron chi connectivity index (χ1n) is 18.6. The fourth-order valence-electron chi connectivity index (χ4n) is 5.57. The van der Waals surface area contributed by atoms with E-state index >= 15 is 0 Å². The van der Waals surface area contributed by atoms with Gasteiger partial charge in [0.25, 0.3) is 10.1 Å². The second-order valence-corrected chi connectivity index (χ2v) is 14.5. The SMILES string of the molecule is CCCCCC/C=C/C(O)C(CS(=O)(=O)O)NC(=O)C(O)CCCCCCCC/C=C\CCCCCCCCCCCCCC. The maximum Gasteiger partial charge on any atom is 0.267 e. The summed E-state index contributed by atoms with van der Waals surface area (Å²) in [5, 5.41) is 23.1. The number of nitrogens with one attached hydrogen (secondary N) is 1. The quantitative estimate of drug-likeness (QED) is 0.0317. The van der Waals surface area contributed by atoms with Crippen molar-refractivity contribution in [3.8, 4) is 0 Å². The molecule has 0 aliphatic heterocycles. The van der Waals surface area contributed by atoms with Gasteiger partial charge in [-0.25, -0.2) is 0 Å². The Balaban J connectivity index is 3.86. The lowest BCUT2D eigenvalue weighted by atomic mass is 10.0. The molecule has 0 fully saturated rings.